The average molecular weight is 304 g/mol. The molecule has 0 aromatic carbocycles. The molecule has 5 heteroatoms. The fourth-order valence-corrected chi connectivity index (χ4v) is 1.23. The highest BCUT2D eigenvalue weighted by Gasteiger charge is 2.20. The first kappa shape index (κ1) is 20.5. The van der Waals surface area contributed by atoms with E-state index < -0.39 is 0 Å². The number of hydrogen-bond acceptors (Lipinski definition) is 5. The Morgan fingerprint density at radius 2 is 1.14 bits per heavy atom. The maximum atomic E-state index is 11.6. The van der Waals surface area contributed by atoms with Crippen molar-refractivity contribution in [3.63, 3.8) is 0 Å². The summed E-state index contributed by atoms with van der Waals surface area (Å²) in [7, 11) is 0. The molecule has 0 radical (unpaired) electrons. The Labute approximate surface area is 129 Å². The Balaban J connectivity index is 3.25. The monoisotopic (exact) mass is 304 g/mol. The van der Waals surface area contributed by atoms with E-state index in [-0.39, 0.29) is 23.4 Å². The van der Waals surface area contributed by atoms with E-state index in [1.165, 1.54) is 0 Å². The van der Waals surface area contributed by atoms with Crippen LogP contribution in [0.15, 0.2) is 0 Å². The summed E-state index contributed by atoms with van der Waals surface area (Å²) < 4.78 is 21.5. The minimum atomic E-state index is -0.343. The predicted octanol–water partition coefficient (Wildman–Crippen LogP) is 2.47. The highest BCUT2D eigenvalue weighted by Crippen LogP contribution is 2.14. The summed E-state index contributed by atoms with van der Waals surface area (Å²) in [6, 6.07) is 0. The van der Waals surface area contributed by atoms with Crippen molar-refractivity contribution >= 4 is 5.78 Å². The van der Waals surface area contributed by atoms with E-state index in [1.807, 2.05) is 41.5 Å². The summed E-state index contributed by atoms with van der Waals surface area (Å²) in [5.74, 6) is 0.102. The molecule has 0 aliphatic heterocycles. The van der Waals surface area contributed by atoms with Gasteiger partial charge in [0.25, 0.3) is 0 Å². The number of carbonyl (C=O) groups is 1. The van der Waals surface area contributed by atoms with Gasteiger partial charge in [0.2, 0.25) is 0 Å². The minimum Gasteiger partial charge on any atom is -0.377 e. The van der Waals surface area contributed by atoms with E-state index in [4.69, 9.17) is 18.9 Å². The van der Waals surface area contributed by atoms with Gasteiger partial charge in [-0.1, -0.05) is 20.8 Å². The highest BCUT2D eigenvalue weighted by molar-refractivity contribution is 5.84. The van der Waals surface area contributed by atoms with E-state index in [1.54, 1.807) is 0 Å². The number of hydrogen-bond donors (Lipinski definition) is 0. The van der Waals surface area contributed by atoms with Gasteiger partial charge in [-0.2, -0.15) is 0 Å². The SMILES string of the molecule is CC(C)(C)OCCOCCOCCOCC(=O)C(C)(C)C. The van der Waals surface area contributed by atoms with Crippen LogP contribution in [-0.2, 0) is 23.7 Å². The number of rotatable bonds is 11. The highest BCUT2D eigenvalue weighted by atomic mass is 16.6. The van der Waals surface area contributed by atoms with Crippen molar-refractivity contribution in [3.8, 4) is 0 Å². The minimum absolute atomic E-state index is 0.102. The van der Waals surface area contributed by atoms with Gasteiger partial charge in [-0.15, -0.1) is 0 Å². The zero-order valence-electron chi connectivity index (χ0n) is 14.5. The molecule has 0 saturated heterocycles. The van der Waals surface area contributed by atoms with Crippen LogP contribution in [0.1, 0.15) is 41.5 Å². The van der Waals surface area contributed by atoms with Gasteiger partial charge in [0.1, 0.15) is 6.61 Å². The molecule has 0 heterocycles. The molecule has 0 N–H and O–H groups in total. The lowest BCUT2D eigenvalue weighted by molar-refractivity contribution is -0.131. The third kappa shape index (κ3) is 14.2. The van der Waals surface area contributed by atoms with Gasteiger partial charge in [0.05, 0.1) is 45.2 Å². The molecule has 0 amide bonds. The predicted molar refractivity (Wildman–Crippen MR) is 82.6 cm³/mol. The number of ether oxygens (including phenoxy) is 4. The second kappa shape index (κ2) is 10.3. The van der Waals surface area contributed by atoms with E-state index >= 15 is 0 Å². The Hall–Kier alpha value is -0.490. The molecule has 0 fully saturated rings. The van der Waals surface area contributed by atoms with Gasteiger partial charge in [0.15, 0.2) is 5.78 Å². The molecule has 0 spiro atoms. The first-order valence-electron chi connectivity index (χ1n) is 7.53. The smallest absolute Gasteiger partial charge is 0.163 e. The van der Waals surface area contributed by atoms with Crippen molar-refractivity contribution in [2.45, 2.75) is 47.1 Å². The molecule has 0 bridgehead atoms. The van der Waals surface area contributed by atoms with Crippen LogP contribution >= 0.6 is 0 Å². The zero-order chi connectivity index (χ0) is 16.4. The maximum Gasteiger partial charge on any atom is 0.163 e. The van der Waals surface area contributed by atoms with Crippen molar-refractivity contribution in [2.24, 2.45) is 5.41 Å². The molecule has 0 rings (SSSR count). The molecule has 0 unspecified atom stereocenters. The summed E-state index contributed by atoms with van der Waals surface area (Å²) in [6.07, 6.45) is 0. The second-order valence-electron chi connectivity index (χ2n) is 6.91. The summed E-state index contributed by atoms with van der Waals surface area (Å²) >= 11 is 0. The van der Waals surface area contributed by atoms with Crippen LogP contribution in [0.2, 0.25) is 0 Å². The van der Waals surface area contributed by atoms with Crippen LogP contribution in [-0.4, -0.2) is 57.6 Å². The molecule has 126 valence electrons. The topological polar surface area (TPSA) is 54.0 Å². The molecule has 0 saturated carbocycles. The first-order chi connectivity index (χ1) is 9.63. The lowest BCUT2D eigenvalue weighted by Gasteiger charge is -2.19. The van der Waals surface area contributed by atoms with Crippen LogP contribution in [0.25, 0.3) is 0 Å². The first-order valence-corrected chi connectivity index (χ1v) is 7.53. The molecule has 0 aliphatic rings. The lowest BCUT2D eigenvalue weighted by atomic mass is 9.91. The molecule has 0 aromatic rings. The quantitative estimate of drug-likeness (QED) is 0.549. The van der Waals surface area contributed by atoms with Gasteiger partial charge in [-0.05, 0) is 20.8 Å². The van der Waals surface area contributed by atoms with E-state index in [0.29, 0.717) is 39.6 Å². The second-order valence-corrected chi connectivity index (χ2v) is 6.91. The third-order valence-corrected chi connectivity index (χ3v) is 2.58. The number of carbonyl (C=O) groups excluding carboxylic acids is 1. The van der Waals surface area contributed by atoms with Crippen molar-refractivity contribution in [2.75, 3.05) is 46.2 Å². The Morgan fingerprint density at radius 1 is 0.714 bits per heavy atom. The molecular formula is C16H32O5. The largest absolute Gasteiger partial charge is 0.377 e. The zero-order valence-corrected chi connectivity index (χ0v) is 14.5. The molecule has 0 atom stereocenters. The molecule has 0 aromatic heterocycles. The molecule has 5 nitrogen and oxygen atoms in total. The van der Waals surface area contributed by atoms with Gasteiger partial charge >= 0.3 is 0 Å². The van der Waals surface area contributed by atoms with Gasteiger partial charge in [-0.25, -0.2) is 0 Å². The Morgan fingerprint density at radius 3 is 1.57 bits per heavy atom. The fourth-order valence-electron chi connectivity index (χ4n) is 1.23. The summed E-state index contributed by atoms with van der Waals surface area (Å²) in [4.78, 5) is 11.6. The number of Topliss-reactive ketones (excluding diaryl/α,β-unsaturated/α-hetero) is 1. The van der Waals surface area contributed by atoms with Gasteiger partial charge < -0.3 is 18.9 Å². The van der Waals surface area contributed by atoms with E-state index in [2.05, 4.69) is 0 Å². The van der Waals surface area contributed by atoms with Crippen LogP contribution in [0.5, 0.6) is 0 Å². The Kier molecular flexibility index (Phi) is 10.0. The summed E-state index contributed by atoms with van der Waals surface area (Å²) in [5.41, 5.74) is -0.467. The van der Waals surface area contributed by atoms with Crippen LogP contribution in [0.3, 0.4) is 0 Å². The van der Waals surface area contributed by atoms with Crippen molar-refractivity contribution in [3.05, 3.63) is 0 Å². The van der Waals surface area contributed by atoms with Crippen LogP contribution in [0, 0.1) is 5.41 Å². The van der Waals surface area contributed by atoms with Crippen molar-refractivity contribution in [1.82, 2.24) is 0 Å². The summed E-state index contributed by atoms with van der Waals surface area (Å²) in [6.45, 7) is 14.9. The number of ketones is 1. The van der Waals surface area contributed by atoms with Crippen LogP contribution < -0.4 is 0 Å². The molecular weight excluding hydrogens is 272 g/mol. The molecule has 21 heavy (non-hydrogen) atoms. The normalized spacial score (nSPS) is 12.7. The third-order valence-electron chi connectivity index (χ3n) is 2.58. The van der Waals surface area contributed by atoms with Crippen molar-refractivity contribution in [1.29, 1.82) is 0 Å². The standard InChI is InChI=1S/C16H32O5/c1-15(2,3)14(17)13-20-10-9-18-7-8-19-11-12-21-16(4,5)6/h7-13H2,1-6H3. The molecule has 0 aliphatic carbocycles. The fraction of sp³-hybridized carbons (Fsp3) is 0.938. The van der Waals surface area contributed by atoms with Crippen LogP contribution in [0.4, 0.5) is 0 Å². The van der Waals surface area contributed by atoms with E-state index in [0.717, 1.165) is 0 Å². The average Bonchev–Trinajstić information content (AvgIpc) is 2.33. The lowest BCUT2D eigenvalue weighted by Crippen LogP contribution is -2.25. The van der Waals surface area contributed by atoms with Crippen molar-refractivity contribution < 1.29 is 23.7 Å². The van der Waals surface area contributed by atoms with E-state index in [9.17, 15) is 4.79 Å². The van der Waals surface area contributed by atoms with Gasteiger partial charge in [0, 0.05) is 5.41 Å². The maximum absolute atomic E-state index is 11.6. The summed E-state index contributed by atoms with van der Waals surface area (Å²) in [5, 5.41) is 0. The van der Waals surface area contributed by atoms with Gasteiger partial charge in [-0.3, -0.25) is 4.79 Å². The Bertz CT molecular complexity index is 275.